The molecule has 142 valence electrons. The number of ether oxygens (including phenoxy) is 3. The van der Waals surface area contributed by atoms with E-state index in [0.29, 0.717) is 13.0 Å². The zero-order valence-corrected chi connectivity index (χ0v) is 14.2. The van der Waals surface area contributed by atoms with Gasteiger partial charge in [-0.1, -0.05) is 25.7 Å². The molecule has 0 amide bonds. The highest BCUT2D eigenvalue weighted by Gasteiger charge is 2.43. The Kier molecular flexibility index (Phi) is 10.4. The molecule has 24 heavy (non-hydrogen) atoms. The molecular formula is C16H30O8. The minimum atomic E-state index is -1.41. The molecule has 0 spiro atoms. The van der Waals surface area contributed by atoms with Gasteiger partial charge in [-0.05, 0) is 12.8 Å². The molecule has 0 aliphatic carbocycles. The fraction of sp³-hybridized carbons (Fsp3) is 0.938. The maximum Gasteiger partial charge on any atom is 0.305 e. The van der Waals surface area contributed by atoms with Crippen LogP contribution in [0.1, 0.15) is 44.9 Å². The number of aliphatic hydroxyl groups excluding tert-OH is 4. The molecule has 1 rings (SSSR count). The summed E-state index contributed by atoms with van der Waals surface area (Å²) in [6, 6.07) is 0. The third kappa shape index (κ3) is 7.00. The summed E-state index contributed by atoms with van der Waals surface area (Å²) in [5.41, 5.74) is 0. The Hall–Kier alpha value is -0.770. The predicted molar refractivity (Wildman–Crippen MR) is 84.1 cm³/mol. The van der Waals surface area contributed by atoms with Gasteiger partial charge in [0.25, 0.3) is 0 Å². The van der Waals surface area contributed by atoms with Crippen molar-refractivity contribution in [3.8, 4) is 0 Å². The number of methoxy groups -OCH3 is 1. The summed E-state index contributed by atoms with van der Waals surface area (Å²) in [5, 5.41) is 38.2. The standard InChI is InChI=1S/C16H30O8/c1-22-12(18)8-6-4-2-3-5-7-9-23-16-15(21)14(20)13(19)11(10-17)24-16/h11,13-17,19-21H,2-10H2,1H3/t11-,13-,14+,15-,16+/m1/s1. The molecule has 8 heteroatoms. The van der Waals surface area contributed by atoms with E-state index in [1.165, 1.54) is 7.11 Å². The second-order valence-corrected chi connectivity index (χ2v) is 6.02. The topological polar surface area (TPSA) is 126 Å². The lowest BCUT2D eigenvalue weighted by Gasteiger charge is -2.39. The number of hydrogen-bond acceptors (Lipinski definition) is 8. The summed E-state index contributed by atoms with van der Waals surface area (Å²) in [5.74, 6) is -0.178. The van der Waals surface area contributed by atoms with E-state index in [0.717, 1.165) is 38.5 Å². The maximum atomic E-state index is 10.9. The molecule has 1 saturated heterocycles. The minimum Gasteiger partial charge on any atom is -0.469 e. The van der Waals surface area contributed by atoms with Crippen LogP contribution in [-0.4, -0.2) is 77.4 Å². The van der Waals surface area contributed by atoms with Crippen LogP contribution in [0.2, 0.25) is 0 Å². The van der Waals surface area contributed by atoms with Crippen LogP contribution in [0.4, 0.5) is 0 Å². The minimum absolute atomic E-state index is 0.178. The van der Waals surface area contributed by atoms with Crippen LogP contribution in [0.5, 0.6) is 0 Å². The Bertz CT molecular complexity index is 349. The lowest BCUT2D eigenvalue weighted by atomic mass is 9.99. The van der Waals surface area contributed by atoms with E-state index in [1.54, 1.807) is 0 Å². The van der Waals surface area contributed by atoms with Crippen LogP contribution in [-0.2, 0) is 19.0 Å². The van der Waals surface area contributed by atoms with Crippen molar-refractivity contribution < 1.29 is 39.4 Å². The Balaban J connectivity index is 2.07. The van der Waals surface area contributed by atoms with Crippen molar-refractivity contribution >= 4 is 5.97 Å². The zero-order chi connectivity index (χ0) is 17.9. The molecule has 1 aliphatic heterocycles. The highest BCUT2D eigenvalue weighted by molar-refractivity contribution is 5.68. The van der Waals surface area contributed by atoms with Crippen molar-refractivity contribution in [1.29, 1.82) is 0 Å². The normalized spacial score (nSPS) is 30.3. The first-order valence-electron chi connectivity index (χ1n) is 8.50. The van der Waals surface area contributed by atoms with Gasteiger partial charge in [-0.2, -0.15) is 0 Å². The van der Waals surface area contributed by atoms with Gasteiger partial charge in [0.05, 0.1) is 13.7 Å². The monoisotopic (exact) mass is 350 g/mol. The summed E-state index contributed by atoms with van der Waals surface area (Å²) in [7, 11) is 1.39. The van der Waals surface area contributed by atoms with E-state index in [-0.39, 0.29) is 5.97 Å². The fourth-order valence-corrected chi connectivity index (χ4v) is 2.59. The van der Waals surface area contributed by atoms with Gasteiger partial charge in [-0.25, -0.2) is 0 Å². The van der Waals surface area contributed by atoms with E-state index in [4.69, 9.17) is 14.6 Å². The van der Waals surface area contributed by atoms with E-state index in [2.05, 4.69) is 4.74 Å². The van der Waals surface area contributed by atoms with Crippen LogP contribution in [0, 0.1) is 0 Å². The number of carbonyl (C=O) groups excluding carboxylic acids is 1. The Labute approximate surface area is 142 Å². The molecule has 0 aromatic rings. The van der Waals surface area contributed by atoms with Crippen molar-refractivity contribution in [2.45, 2.75) is 75.7 Å². The molecule has 1 fully saturated rings. The van der Waals surface area contributed by atoms with Crippen molar-refractivity contribution in [1.82, 2.24) is 0 Å². The van der Waals surface area contributed by atoms with E-state index < -0.39 is 37.3 Å². The molecule has 0 unspecified atom stereocenters. The molecule has 0 aromatic heterocycles. The number of carbonyl (C=O) groups is 1. The van der Waals surface area contributed by atoms with Gasteiger partial charge in [0.2, 0.25) is 0 Å². The van der Waals surface area contributed by atoms with Gasteiger partial charge in [-0.3, -0.25) is 4.79 Å². The van der Waals surface area contributed by atoms with E-state index in [9.17, 15) is 20.1 Å². The second kappa shape index (κ2) is 11.7. The predicted octanol–water partition coefficient (Wildman–Crippen LogP) is -0.293. The zero-order valence-electron chi connectivity index (χ0n) is 14.2. The van der Waals surface area contributed by atoms with Crippen LogP contribution in [0.25, 0.3) is 0 Å². The fourth-order valence-electron chi connectivity index (χ4n) is 2.59. The number of aliphatic hydroxyl groups is 4. The van der Waals surface area contributed by atoms with Crippen molar-refractivity contribution in [3.05, 3.63) is 0 Å². The summed E-state index contributed by atoms with van der Waals surface area (Å²) in [6.07, 6.45) is -0.110. The summed E-state index contributed by atoms with van der Waals surface area (Å²) in [4.78, 5) is 10.9. The largest absolute Gasteiger partial charge is 0.469 e. The lowest BCUT2D eigenvalue weighted by molar-refractivity contribution is -0.301. The molecule has 0 aromatic carbocycles. The van der Waals surface area contributed by atoms with Crippen LogP contribution in [0.15, 0.2) is 0 Å². The molecule has 8 nitrogen and oxygen atoms in total. The summed E-state index contributed by atoms with van der Waals surface area (Å²) >= 11 is 0. The first kappa shape index (κ1) is 21.3. The first-order chi connectivity index (χ1) is 11.5. The number of rotatable bonds is 11. The number of esters is 1. The molecule has 4 N–H and O–H groups in total. The van der Waals surface area contributed by atoms with Crippen LogP contribution >= 0.6 is 0 Å². The van der Waals surface area contributed by atoms with Gasteiger partial charge in [0, 0.05) is 13.0 Å². The van der Waals surface area contributed by atoms with Crippen molar-refractivity contribution in [2.75, 3.05) is 20.3 Å². The average molecular weight is 350 g/mol. The van der Waals surface area contributed by atoms with Crippen molar-refractivity contribution in [2.24, 2.45) is 0 Å². The number of unbranched alkanes of at least 4 members (excludes halogenated alkanes) is 5. The highest BCUT2D eigenvalue weighted by Crippen LogP contribution is 2.22. The van der Waals surface area contributed by atoms with Gasteiger partial charge in [0.1, 0.15) is 24.4 Å². The van der Waals surface area contributed by atoms with Crippen LogP contribution in [0.3, 0.4) is 0 Å². The molecule has 0 saturated carbocycles. The first-order valence-corrected chi connectivity index (χ1v) is 8.50. The molecule has 0 radical (unpaired) electrons. The van der Waals surface area contributed by atoms with Gasteiger partial charge in [-0.15, -0.1) is 0 Å². The molecule has 1 aliphatic rings. The molecule has 0 bridgehead atoms. The third-order valence-corrected chi connectivity index (χ3v) is 4.13. The van der Waals surface area contributed by atoms with E-state index >= 15 is 0 Å². The Morgan fingerprint density at radius 3 is 2.21 bits per heavy atom. The Morgan fingerprint density at radius 1 is 0.958 bits per heavy atom. The lowest BCUT2D eigenvalue weighted by Crippen LogP contribution is -2.59. The molecular weight excluding hydrogens is 320 g/mol. The van der Waals surface area contributed by atoms with Gasteiger partial charge >= 0.3 is 5.97 Å². The molecule has 1 heterocycles. The van der Waals surface area contributed by atoms with Gasteiger partial charge in [0.15, 0.2) is 6.29 Å². The second-order valence-electron chi connectivity index (χ2n) is 6.02. The smallest absolute Gasteiger partial charge is 0.305 e. The average Bonchev–Trinajstić information content (AvgIpc) is 2.59. The summed E-state index contributed by atoms with van der Waals surface area (Å²) in [6.45, 7) is -0.110. The summed E-state index contributed by atoms with van der Waals surface area (Å²) < 4.78 is 15.2. The quantitative estimate of drug-likeness (QED) is 0.296. The molecule has 5 atom stereocenters. The third-order valence-electron chi connectivity index (χ3n) is 4.13. The van der Waals surface area contributed by atoms with Gasteiger partial charge < -0.3 is 34.6 Å². The SMILES string of the molecule is COC(=O)CCCCCCCCO[C@H]1O[C@H](CO)[C@@H](O)[C@H](O)[C@H]1O. The van der Waals surface area contributed by atoms with Crippen LogP contribution < -0.4 is 0 Å². The highest BCUT2D eigenvalue weighted by atomic mass is 16.7. The number of hydrogen-bond donors (Lipinski definition) is 4. The van der Waals surface area contributed by atoms with Crippen molar-refractivity contribution in [3.63, 3.8) is 0 Å². The maximum absolute atomic E-state index is 10.9. The Morgan fingerprint density at radius 2 is 1.58 bits per heavy atom. The van der Waals surface area contributed by atoms with E-state index in [1.807, 2.05) is 0 Å².